The molecule has 2 aromatic carbocycles. The molecule has 0 unspecified atom stereocenters. The van der Waals surface area contributed by atoms with E-state index in [4.69, 9.17) is 32.7 Å². The summed E-state index contributed by atoms with van der Waals surface area (Å²) in [7, 11) is 3.09. The van der Waals surface area contributed by atoms with Gasteiger partial charge in [-0.05, 0) is 48.7 Å². The molecule has 0 radical (unpaired) electrons. The van der Waals surface area contributed by atoms with Gasteiger partial charge in [0, 0.05) is 11.7 Å². The molecule has 1 saturated carbocycles. The van der Waals surface area contributed by atoms with Crippen LogP contribution in [0.15, 0.2) is 42.5 Å². The Morgan fingerprint density at radius 3 is 2.31 bits per heavy atom. The van der Waals surface area contributed by atoms with E-state index in [1.54, 1.807) is 49.6 Å². The minimum absolute atomic E-state index is 0.0874. The largest absolute Gasteiger partial charge is 0.497 e. The summed E-state index contributed by atoms with van der Waals surface area (Å²) in [5, 5.41) is 3.48. The quantitative estimate of drug-likeness (QED) is 0.534. The van der Waals surface area contributed by atoms with Crippen molar-refractivity contribution in [2.75, 3.05) is 25.0 Å². The fraction of sp³-hybridized carbons (Fsp3) is 0.417. The highest BCUT2D eigenvalue weighted by atomic mass is 35.5. The van der Waals surface area contributed by atoms with Crippen LogP contribution in [0.3, 0.4) is 0 Å². The SMILES string of the molecule is COc1ccc([C@@H](C(=O)NC2CCCCC2)N(C(=O)CCl)c2ccc(OC)c(Cl)c2)cc1. The first kappa shape index (κ1) is 24.2. The van der Waals surface area contributed by atoms with Crippen molar-refractivity contribution in [1.29, 1.82) is 0 Å². The summed E-state index contributed by atoms with van der Waals surface area (Å²) < 4.78 is 10.5. The maximum Gasteiger partial charge on any atom is 0.248 e. The summed E-state index contributed by atoms with van der Waals surface area (Å²) >= 11 is 12.3. The number of hydrogen-bond acceptors (Lipinski definition) is 4. The summed E-state index contributed by atoms with van der Waals surface area (Å²) in [5.74, 6) is 0.178. The monoisotopic (exact) mass is 478 g/mol. The fourth-order valence-electron chi connectivity index (χ4n) is 4.04. The zero-order valence-electron chi connectivity index (χ0n) is 18.3. The van der Waals surface area contributed by atoms with Gasteiger partial charge in [0.2, 0.25) is 11.8 Å². The molecule has 1 atom stereocenters. The molecule has 2 amide bonds. The Balaban J connectivity index is 2.04. The van der Waals surface area contributed by atoms with E-state index in [-0.39, 0.29) is 17.8 Å². The average Bonchev–Trinajstić information content (AvgIpc) is 2.82. The van der Waals surface area contributed by atoms with E-state index < -0.39 is 11.9 Å². The number of halogens is 2. The normalized spacial score (nSPS) is 15.0. The lowest BCUT2D eigenvalue weighted by molar-refractivity contribution is -0.126. The lowest BCUT2D eigenvalue weighted by Gasteiger charge is -2.33. The van der Waals surface area contributed by atoms with E-state index >= 15 is 0 Å². The molecule has 172 valence electrons. The number of carbonyl (C=O) groups excluding carboxylic acids is 2. The van der Waals surface area contributed by atoms with Crippen molar-refractivity contribution in [2.45, 2.75) is 44.2 Å². The third-order valence-electron chi connectivity index (χ3n) is 5.69. The van der Waals surface area contributed by atoms with Crippen molar-refractivity contribution in [3.05, 3.63) is 53.1 Å². The van der Waals surface area contributed by atoms with Gasteiger partial charge in [0.1, 0.15) is 23.4 Å². The van der Waals surface area contributed by atoms with E-state index in [0.717, 1.165) is 25.7 Å². The molecule has 0 saturated heterocycles. The number of amides is 2. The van der Waals surface area contributed by atoms with Gasteiger partial charge in [0.05, 0.1) is 19.2 Å². The highest BCUT2D eigenvalue weighted by Gasteiger charge is 2.34. The van der Waals surface area contributed by atoms with Crippen LogP contribution in [-0.4, -0.2) is 38.0 Å². The van der Waals surface area contributed by atoms with Crippen molar-refractivity contribution >= 4 is 40.7 Å². The number of anilines is 1. The highest BCUT2D eigenvalue weighted by molar-refractivity contribution is 6.33. The Labute approximate surface area is 198 Å². The van der Waals surface area contributed by atoms with Crippen LogP contribution >= 0.6 is 23.2 Å². The molecule has 0 heterocycles. The predicted octanol–water partition coefficient (Wildman–Crippen LogP) is 5.12. The molecular weight excluding hydrogens is 451 g/mol. The van der Waals surface area contributed by atoms with Crippen LogP contribution in [0.4, 0.5) is 5.69 Å². The number of ether oxygens (including phenoxy) is 2. The van der Waals surface area contributed by atoms with Gasteiger partial charge in [-0.3, -0.25) is 14.5 Å². The van der Waals surface area contributed by atoms with Gasteiger partial charge in [-0.2, -0.15) is 0 Å². The summed E-state index contributed by atoms with van der Waals surface area (Å²) in [5.41, 5.74) is 1.10. The van der Waals surface area contributed by atoms with Crippen LogP contribution < -0.4 is 19.7 Å². The van der Waals surface area contributed by atoms with Crippen LogP contribution in [0, 0.1) is 0 Å². The third-order valence-corrected chi connectivity index (χ3v) is 6.21. The van der Waals surface area contributed by atoms with Gasteiger partial charge in [0.25, 0.3) is 0 Å². The Morgan fingerprint density at radius 2 is 1.75 bits per heavy atom. The topological polar surface area (TPSA) is 67.9 Å². The van der Waals surface area contributed by atoms with E-state index in [1.807, 2.05) is 0 Å². The molecule has 1 aliphatic carbocycles. The minimum Gasteiger partial charge on any atom is -0.497 e. The predicted molar refractivity (Wildman–Crippen MR) is 127 cm³/mol. The number of methoxy groups -OCH3 is 2. The lowest BCUT2D eigenvalue weighted by Crippen LogP contribution is -2.47. The van der Waals surface area contributed by atoms with Crippen molar-refractivity contribution < 1.29 is 19.1 Å². The Morgan fingerprint density at radius 1 is 1.06 bits per heavy atom. The number of benzene rings is 2. The molecule has 0 bridgehead atoms. The zero-order chi connectivity index (χ0) is 23.1. The molecule has 6 nitrogen and oxygen atoms in total. The minimum atomic E-state index is -0.918. The molecule has 8 heteroatoms. The average molecular weight is 479 g/mol. The molecule has 0 aromatic heterocycles. The van der Waals surface area contributed by atoms with E-state index in [9.17, 15) is 9.59 Å². The summed E-state index contributed by atoms with van der Waals surface area (Å²) in [4.78, 5) is 28.0. The molecule has 1 fully saturated rings. The van der Waals surface area contributed by atoms with E-state index in [2.05, 4.69) is 5.32 Å². The fourth-order valence-corrected chi connectivity index (χ4v) is 4.42. The van der Waals surface area contributed by atoms with Gasteiger partial charge >= 0.3 is 0 Å². The Hall–Kier alpha value is -2.44. The molecule has 1 N–H and O–H groups in total. The number of hydrogen-bond donors (Lipinski definition) is 1. The van der Waals surface area contributed by atoms with Gasteiger partial charge in [-0.15, -0.1) is 11.6 Å². The van der Waals surface area contributed by atoms with Crippen LogP contribution in [0.25, 0.3) is 0 Å². The molecule has 3 rings (SSSR count). The number of nitrogens with one attached hydrogen (secondary N) is 1. The lowest BCUT2D eigenvalue weighted by atomic mass is 9.94. The van der Waals surface area contributed by atoms with Crippen LogP contribution in [0.1, 0.15) is 43.7 Å². The maximum absolute atomic E-state index is 13.6. The second-order valence-corrected chi connectivity index (χ2v) is 8.41. The maximum atomic E-state index is 13.6. The van der Waals surface area contributed by atoms with Crippen molar-refractivity contribution in [3.8, 4) is 11.5 Å². The first-order valence-electron chi connectivity index (χ1n) is 10.6. The molecule has 0 aliphatic heterocycles. The van der Waals surface area contributed by atoms with Crippen LogP contribution in [0.2, 0.25) is 5.02 Å². The van der Waals surface area contributed by atoms with Gasteiger partial charge in [-0.25, -0.2) is 0 Å². The Bertz CT molecular complexity index is 930. The van der Waals surface area contributed by atoms with Crippen molar-refractivity contribution in [1.82, 2.24) is 5.32 Å². The van der Waals surface area contributed by atoms with E-state index in [1.165, 1.54) is 18.4 Å². The first-order valence-corrected chi connectivity index (χ1v) is 11.6. The second kappa shape index (κ2) is 11.4. The molecule has 2 aromatic rings. The first-order chi connectivity index (χ1) is 15.5. The standard InChI is InChI=1S/C24H28Cl2N2O4/c1-31-19-11-8-16(9-12-19)23(24(30)27-17-6-4-3-5-7-17)28(22(29)15-25)18-10-13-21(32-2)20(26)14-18/h8-14,17,23H,3-7,15H2,1-2H3,(H,27,30)/t23-/m0/s1. The zero-order valence-corrected chi connectivity index (χ0v) is 19.8. The molecule has 32 heavy (non-hydrogen) atoms. The van der Waals surface area contributed by atoms with Crippen LogP contribution in [0.5, 0.6) is 11.5 Å². The van der Waals surface area contributed by atoms with Gasteiger partial charge in [-0.1, -0.05) is 43.0 Å². The van der Waals surface area contributed by atoms with Gasteiger partial charge in [0.15, 0.2) is 0 Å². The number of carbonyl (C=O) groups is 2. The Kier molecular flexibility index (Phi) is 8.65. The number of rotatable bonds is 8. The molecular formula is C24H28Cl2N2O4. The van der Waals surface area contributed by atoms with Crippen molar-refractivity contribution in [2.24, 2.45) is 0 Å². The number of nitrogens with zero attached hydrogens (tertiary/aromatic N) is 1. The summed E-state index contributed by atoms with van der Waals surface area (Å²) in [6.45, 7) is 0. The van der Waals surface area contributed by atoms with Crippen LogP contribution in [-0.2, 0) is 9.59 Å². The number of alkyl halides is 1. The van der Waals surface area contributed by atoms with E-state index in [0.29, 0.717) is 27.8 Å². The molecule has 1 aliphatic rings. The summed E-state index contributed by atoms with van der Waals surface area (Å²) in [6.07, 6.45) is 5.19. The second-order valence-electron chi connectivity index (χ2n) is 7.74. The highest BCUT2D eigenvalue weighted by Crippen LogP contribution is 2.35. The summed E-state index contributed by atoms with van der Waals surface area (Å²) in [6, 6.07) is 11.2. The van der Waals surface area contributed by atoms with Crippen molar-refractivity contribution in [3.63, 3.8) is 0 Å². The molecule has 0 spiro atoms. The van der Waals surface area contributed by atoms with Gasteiger partial charge < -0.3 is 14.8 Å². The smallest absolute Gasteiger partial charge is 0.248 e. The third kappa shape index (κ3) is 5.67.